The number of quaternary nitrogens is 1. The maximum atomic E-state index is 6.01. The third-order valence-electron chi connectivity index (χ3n) is 4.79. The van der Waals surface area contributed by atoms with E-state index in [2.05, 4.69) is 40.2 Å². The van der Waals surface area contributed by atoms with Crippen molar-refractivity contribution in [3.8, 4) is 11.3 Å². The summed E-state index contributed by atoms with van der Waals surface area (Å²) in [5, 5.41) is 9.18. The van der Waals surface area contributed by atoms with Crippen molar-refractivity contribution < 1.29 is 4.90 Å². The van der Waals surface area contributed by atoms with Gasteiger partial charge in [0, 0.05) is 39.9 Å². The molecule has 144 valence electrons. The zero-order valence-electron chi connectivity index (χ0n) is 17.0. The van der Waals surface area contributed by atoms with Gasteiger partial charge in [-0.2, -0.15) is 9.61 Å². The molecule has 3 aromatic rings. The van der Waals surface area contributed by atoms with Gasteiger partial charge in [0.05, 0.1) is 26.3 Å². The van der Waals surface area contributed by atoms with Gasteiger partial charge >= 0.3 is 0 Å². The average molecular weight is 387 g/mol. The predicted molar refractivity (Wildman–Crippen MR) is 113 cm³/mol. The van der Waals surface area contributed by atoms with Gasteiger partial charge in [0.15, 0.2) is 5.65 Å². The van der Waals surface area contributed by atoms with Crippen LogP contribution in [0.2, 0.25) is 5.02 Å². The summed E-state index contributed by atoms with van der Waals surface area (Å²) in [5.74, 6) is 1.01. The van der Waals surface area contributed by atoms with Crippen LogP contribution in [0.25, 0.3) is 16.9 Å². The highest BCUT2D eigenvalue weighted by atomic mass is 35.5. The van der Waals surface area contributed by atoms with Gasteiger partial charge in [-0.3, -0.25) is 0 Å². The summed E-state index contributed by atoms with van der Waals surface area (Å²) < 4.78 is 1.92. The maximum absolute atomic E-state index is 6.01. The number of anilines is 1. The smallest absolute Gasteiger partial charge is 0.158 e. The molecule has 0 saturated carbocycles. The molecule has 0 fully saturated rings. The summed E-state index contributed by atoms with van der Waals surface area (Å²) in [6.07, 6.45) is 0. The van der Waals surface area contributed by atoms with Crippen molar-refractivity contribution in [2.45, 2.75) is 27.7 Å². The number of rotatable bonds is 6. The Morgan fingerprint density at radius 3 is 2.44 bits per heavy atom. The lowest BCUT2D eigenvalue weighted by Crippen LogP contribution is -3.07. The van der Waals surface area contributed by atoms with Gasteiger partial charge < -0.3 is 10.2 Å². The molecule has 0 spiro atoms. The number of aromatic nitrogens is 3. The van der Waals surface area contributed by atoms with Crippen molar-refractivity contribution in [1.82, 2.24) is 14.6 Å². The Morgan fingerprint density at radius 1 is 1.15 bits per heavy atom. The van der Waals surface area contributed by atoms with Gasteiger partial charge in [-0.1, -0.05) is 37.6 Å². The van der Waals surface area contributed by atoms with E-state index >= 15 is 0 Å². The quantitative estimate of drug-likeness (QED) is 0.683. The molecule has 0 bridgehead atoms. The minimum absolute atomic E-state index is 0.168. The fraction of sp³-hybridized carbons (Fsp3) is 0.429. The van der Waals surface area contributed by atoms with E-state index < -0.39 is 0 Å². The molecule has 0 unspecified atom stereocenters. The molecule has 1 aromatic carbocycles. The van der Waals surface area contributed by atoms with E-state index in [1.807, 2.05) is 41.8 Å². The second-order valence-corrected chi connectivity index (χ2v) is 8.82. The number of aryl methyl sites for hydroxylation is 1. The molecule has 0 atom stereocenters. The zero-order chi connectivity index (χ0) is 19.8. The summed E-state index contributed by atoms with van der Waals surface area (Å²) in [5.41, 5.74) is 5.08. The first-order chi connectivity index (χ1) is 12.7. The Kier molecular flexibility index (Phi) is 5.45. The standard InChI is InChI=1S/C21H28ClN5/c1-14-15(2)24-19-11-18(16-7-9-17(22)10-8-16)25-27(19)20(14)23-12-21(3,4)13-26(5)6/h7-11,23H,12-13H2,1-6H3/p+1. The summed E-state index contributed by atoms with van der Waals surface area (Å²) in [6.45, 7) is 10.7. The number of halogens is 1. The molecular formula is C21H29ClN5+. The molecule has 5 nitrogen and oxygen atoms in total. The van der Waals surface area contributed by atoms with Gasteiger partial charge in [0.2, 0.25) is 0 Å². The molecule has 3 rings (SSSR count). The largest absolute Gasteiger partial charge is 0.369 e. The van der Waals surface area contributed by atoms with Gasteiger partial charge in [-0.15, -0.1) is 0 Å². The van der Waals surface area contributed by atoms with Crippen LogP contribution in [0.1, 0.15) is 25.1 Å². The molecule has 0 saturated heterocycles. The van der Waals surface area contributed by atoms with E-state index in [0.29, 0.717) is 0 Å². The minimum Gasteiger partial charge on any atom is -0.369 e. The molecule has 0 aliphatic heterocycles. The Hall–Kier alpha value is -2.11. The number of benzene rings is 1. The molecule has 0 radical (unpaired) electrons. The first kappa shape index (κ1) is 19.6. The summed E-state index contributed by atoms with van der Waals surface area (Å²) in [6, 6.07) is 9.77. The second kappa shape index (κ2) is 7.49. The van der Waals surface area contributed by atoms with Crippen molar-refractivity contribution >= 4 is 23.1 Å². The summed E-state index contributed by atoms with van der Waals surface area (Å²) in [4.78, 5) is 6.17. The number of nitrogens with zero attached hydrogens (tertiary/aromatic N) is 3. The van der Waals surface area contributed by atoms with Crippen LogP contribution in [0, 0.1) is 19.3 Å². The van der Waals surface area contributed by atoms with Crippen LogP contribution in [-0.2, 0) is 0 Å². The Morgan fingerprint density at radius 2 is 1.81 bits per heavy atom. The molecule has 0 aliphatic carbocycles. The minimum atomic E-state index is 0.168. The Labute approximate surface area is 166 Å². The maximum Gasteiger partial charge on any atom is 0.158 e. The fourth-order valence-electron chi connectivity index (χ4n) is 3.51. The molecule has 2 N–H and O–H groups in total. The number of fused-ring (bicyclic) bond motifs is 1. The highest BCUT2D eigenvalue weighted by molar-refractivity contribution is 6.30. The van der Waals surface area contributed by atoms with E-state index in [1.165, 1.54) is 4.90 Å². The van der Waals surface area contributed by atoms with Crippen LogP contribution in [0.15, 0.2) is 30.3 Å². The highest BCUT2D eigenvalue weighted by Gasteiger charge is 2.23. The number of nitrogens with one attached hydrogen (secondary N) is 2. The summed E-state index contributed by atoms with van der Waals surface area (Å²) in [7, 11) is 4.38. The van der Waals surface area contributed by atoms with Gasteiger partial charge in [0.25, 0.3) is 0 Å². The van der Waals surface area contributed by atoms with Crippen LogP contribution in [0.3, 0.4) is 0 Å². The van der Waals surface area contributed by atoms with Crippen LogP contribution in [0.4, 0.5) is 5.82 Å². The van der Waals surface area contributed by atoms with Gasteiger partial charge in [0.1, 0.15) is 5.82 Å². The third kappa shape index (κ3) is 4.42. The van der Waals surface area contributed by atoms with Crippen molar-refractivity contribution in [2.24, 2.45) is 5.41 Å². The van der Waals surface area contributed by atoms with Gasteiger partial charge in [-0.05, 0) is 26.0 Å². The fourth-order valence-corrected chi connectivity index (χ4v) is 3.64. The molecule has 27 heavy (non-hydrogen) atoms. The van der Waals surface area contributed by atoms with Crippen LogP contribution < -0.4 is 10.2 Å². The lowest BCUT2D eigenvalue weighted by molar-refractivity contribution is -0.865. The SMILES string of the molecule is Cc1nc2cc(-c3ccc(Cl)cc3)nn2c(NCC(C)(C)C[NH+](C)C)c1C. The molecule has 0 amide bonds. The van der Waals surface area contributed by atoms with Crippen molar-refractivity contribution in [3.63, 3.8) is 0 Å². The molecule has 2 heterocycles. The molecule has 6 heteroatoms. The zero-order valence-corrected chi connectivity index (χ0v) is 17.8. The first-order valence-corrected chi connectivity index (χ1v) is 9.70. The molecular weight excluding hydrogens is 358 g/mol. The van der Waals surface area contributed by atoms with Crippen molar-refractivity contribution in [2.75, 3.05) is 32.5 Å². The van der Waals surface area contributed by atoms with Crippen molar-refractivity contribution in [1.29, 1.82) is 0 Å². The van der Waals surface area contributed by atoms with E-state index in [1.54, 1.807) is 0 Å². The van der Waals surface area contributed by atoms with E-state index in [4.69, 9.17) is 21.7 Å². The lowest BCUT2D eigenvalue weighted by atomic mass is 9.93. The third-order valence-corrected chi connectivity index (χ3v) is 5.04. The van der Waals surface area contributed by atoms with Crippen LogP contribution >= 0.6 is 11.6 Å². The van der Waals surface area contributed by atoms with E-state index in [-0.39, 0.29) is 5.41 Å². The topological polar surface area (TPSA) is 46.7 Å². The summed E-state index contributed by atoms with van der Waals surface area (Å²) >= 11 is 6.01. The average Bonchev–Trinajstić information content (AvgIpc) is 2.98. The first-order valence-electron chi connectivity index (χ1n) is 9.32. The van der Waals surface area contributed by atoms with Gasteiger partial charge in [-0.25, -0.2) is 4.98 Å². The predicted octanol–water partition coefficient (Wildman–Crippen LogP) is 3.25. The van der Waals surface area contributed by atoms with E-state index in [0.717, 1.165) is 52.1 Å². The monoisotopic (exact) mass is 386 g/mol. The normalized spacial score (nSPS) is 12.1. The second-order valence-electron chi connectivity index (χ2n) is 8.38. The Bertz CT molecular complexity index is 941. The Balaban J connectivity index is 1.98. The van der Waals surface area contributed by atoms with Crippen LogP contribution in [-0.4, -0.2) is 41.8 Å². The molecule has 0 aliphatic rings. The van der Waals surface area contributed by atoms with Crippen LogP contribution in [0.5, 0.6) is 0 Å². The number of hydrogen-bond acceptors (Lipinski definition) is 3. The number of hydrogen-bond donors (Lipinski definition) is 2. The highest BCUT2D eigenvalue weighted by Crippen LogP contribution is 2.26. The lowest BCUT2D eigenvalue weighted by Gasteiger charge is -2.27. The van der Waals surface area contributed by atoms with Crippen molar-refractivity contribution in [3.05, 3.63) is 46.6 Å². The molecule has 2 aromatic heterocycles. The van der Waals surface area contributed by atoms with E-state index in [9.17, 15) is 0 Å².